The fourth-order valence-electron chi connectivity index (χ4n) is 1.22. The van der Waals surface area contributed by atoms with Gasteiger partial charge < -0.3 is 14.0 Å². The van der Waals surface area contributed by atoms with Crippen LogP contribution >= 0.6 is 7.82 Å². The number of benzene rings is 1. The van der Waals surface area contributed by atoms with Crippen molar-refractivity contribution in [3.8, 4) is 11.5 Å². The summed E-state index contributed by atoms with van der Waals surface area (Å²) in [5.41, 5.74) is 0.992. The minimum absolute atomic E-state index is 0.0479. The highest BCUT2D eigenvalue weighted by Gasteiger charge is 2.22. The molecule has 0 heterocycles. The van der Waals surface area contributed by atoms with Crippen molar-refractivity contribution >= 4 is 7.82 Å². The molecule has 7 heteroatoms. The predicted molar refractivity (Wildman–Crippen MR) is 74.8 cm³/mol. The molecule has 20 heavy (non-hydrogen) atoms. The number of phosphoric ester groups is 1. The number of allylic oxidation sites excluding steroid dienone is 1. The van der Waals surface area contributed by atoms with E-state index in [1.54, 1.807) is 18.4 Å². The van der Waals surface area contributed by atoms with Crippen LogP contribution in [0.3, 0.4) is 0 Å². The molecule has 1 unspecified atom stereocenters. The Morgan fingerprint density at radius 3 is 2.35 bits per heavy atom. The molecule has 0 spiro atoms. The highest BCUT2D eigenvalue weighted by atomic mass is 31.2. The monoisotopic (exact) mass is 302 g/mol. The zero-order valence-corrected chi connectivity index (χ0v) is 12.6. The molecule has 0 aliphatic rings. The van der Waals surface area contributed by atoms with Crippen LogP contribution in [0.15, 0.2) is 36.1 Å². The van der Waals surface area contributed by atoms with Crippen molar-refractivity contribution < 1.29 is 28.0 Å². The zero-order valence-electron chi connectivity index (χ0n) is 11.7. The molecule has 1 N–H and O–H groups in total. The molecule has 0 amide bonds. The standard InChI is InChI=1S/C13H19O6P/c1-11(2)10-17-8-9-18-20(14,15)19-13-6-4-12(16-3)5-7-13/h4-7,10H,8-9H2,1-3H3,(H,14,15). The van der Waals surface area contributed by atoms with Crippen molar-refractivity contribution in [2.24, 2.45) is 0 Å². The van der Waals surface area contributed by atoms with Crippen LogP contribution in [0, 0.1) is 0 Å². The van der Waals surface area contributed by atoms with Gasteiger partial charge in [0.2, 0.25) is 0 Å². The zero-order chi connectivity index (χ0) is 15.0. The van der Waals surface area contributed by atoms with Crippen LogP contribution in [0.25, 0.3) is 0 Å². The van der Waals surface area contributed by atoms with Gasteiger partial charge in [0.1, 0.15) is 18.1 Å². The summed E-state index contributed by atoms with van der Waals surface area (Å²) in [7, 11) is -2.61. The number of phosphoric acid groups is 1. The summed E-state index contributed by atoms with van der Waals surface area (Å²) >= 11 is 0. The molecule has 0 fully saturated rings. The van der Waals surface area contributed by atoms with Gasteiger partial charge in [0.05, 0.1) is 20.0 Å². The third kappa shape index (κ3) is 6.61. The van der Waals surface area contributed by atoms with Crippen molar-refractivity contribution in [1.29, 1.82) is 0 Å². The van der Waals surface area contributed by atoms with E-state index in [9.17, 15) is 9.46 Å². The maximum atomic E-state index is 11.6. The lowest BCUT2D eigenvalue weighted by Gasteiger charge is -2.13. The maximum absolute atomic E-state index is 11.6. The predicted octanol–water partition coefficient (Wildman–Crippen LogP) is 3.13. The molecule has 0 saturated carbocycles. The van der Waals surface area contributed by atoms with Crippen molar-refractivity contribution in [1.82, 2.24) is 0 Å². The molecule has 0 aromatic heterocycles. The van der Waals surface area contributed by atoms with Crippen LogP contribution in [-0.4, -0.2) is 25.2 Å². The second-order valence-electron chi connectivity index (χ2n) is 4.13. The summed E-state index contributed by atoms with van der Waals surface area (Å²) in [6.07, 6.45) is 1.55. The van der Waals surface area contributed by atoms with E-state index < -0.39 is 7.82 Å². The highest BCUT2D eigenvalue weighted by molar-refractivity contribution is 7.47. The molecule has 0 saturated heterocycles. The van der Waals surface area contributed by atoms with Gasteiger partial charge in [-0.25, -0.2) is 4.57 Å². The molecule has 0 aliphatic heterocycles. The summed E-state index contributed by atoms with van der Waals surface area (Å²) in [6.45, 7) is 3.88. The van der Waals surface area contributed by atoms with Crippen LogP contribution in [0.4, 0.5) is 0 Å². The Bertz CT molecular complexity index is 478. The van der Waals surface area contributed by atoms with Crippen molar-refractivity contribution in [3.63, 3.8) is 0 Å². The van der Waals surface area contributed by atoms with Crippen LogP contribution in [0.5, 0.6) is 11.5 Å². The van der Waals surface area contributed by atoms with E-state index in [4.69, 9.17) is 18.5 Å². The van der Waals surface area contributed by atoms with E-state index in [1.807, 2.05) is 13.8 Å². The number of hydrogen-bond donors (Lipinski definition) is 1. The Kier molecular flexibility index (Phi) is 6.58. The van der Waals surface area contributed by atoms with E-state index in [-0.39, 0.29) is 19.0 Å². The fraction of sp³-hybridized carbons (Fsp3) is 0.385. The lowest BCUT2D eigenvalue weighted by molar-refractivity contribution is 0.143. The van der Waals surface area contributed by atoms with E-state index in [0.29, 0.717) is 5.75 Å². The third-order valence-electron chi connectivity index (χ3n) is 2.05. The average molecular weight is 302 g/mol. The molecule has 1 aromatic rings. The molecule has 6 nitrogen and oxygen atoms in total. The fourth-order valence-corrected chi connectivity index (χ4v) is 1.97. The smallest absolute Gasteiger partial charge is 0.499 e. The Balaban J connectivity index is 2.40. The first kappa shape index (κ1) is 16.6. The van der Waals surface area contributed by atoms with Crippen LogP contribution < -0.4 is 9.26 Å². The first-order valence-corrected chi connectivity index (χ1v) is 7.48. The third-order valence-corrected chi connectivity index (χ3v) is 3.01. The number of rotatable bonds is 8. The van der Waals surface area contributed by atoms with Gasteiger partial charge >= 0.3 is 7.82 Å². The molecule has 112 valence electrons. The van der Waals surface area contributed by atoms with Crippen molar-refractivity contribution in [3.05, 3.63) is 36.1 Å². The summed E-state index contributed by atoms with van der Waals surface area (Å²) in [5.74, 6) is 0.850. The molecule has 0 radical (unpaired) electrons. The molecule has 0 bridgehead atoms. The summed E-state index contributed by atoms with van der Waals surface area (Å²) in [4.78, 5) is 9.51. The molecular formula is C13H19O6P. The summed E-state index contributed by atoms with van der Waals surface area (Å²) in [6, 6.07) is 6.27. The van der Waals surface area contributed by atoms with E-state index in [2.05, 4.69) is 0 Å². The van der Waals surface area contributed by atoms with Crippen molar-refractivity contribution in [2.75, 3.05) is 20.3 Å². The van der Waals surface area contributed by atoms with Gasteiger partial charge in [-0.3, -0.25) is 9.42 Å². The molecule has 1 aromatic carbocycles. The highest BCUT2D eigenvalue weighted by Crippen LogP contribution is 2.43. The van der Waals surface area contributed by atoms with Gasteiger partial charge in [-0.2, -0.15) is 0 Å². The van der Waals surface area contributed by atoms with Gasteiger partial charge in [-0.1, -0.05) is 0 Å². The number of ether oxygens (including phenoxy) is 2. The first-order chi connectivity index (χ1) is 9.43. The Hall–Kier alpha value is -1.49. The van der Waals surface area contributed by atoms with Crippen LogP contribution in [0.1, 0.15) is 13.8 Å². The molecule has 1 rings (SSSR count). The van der Waals surface area contributed by atoms with Gasteiger partial charge in [-0.05, 0) is 43.7 Å². The van der Waals surface area contributed by atoms with Crippen LogP contribution in [-0.2, 0) is 13.8 Å². The maximum Gasteiger partial charge on any atom is 0.527 e. The number of methoxy groups -OCH3 is 1. The second kappa shape index (κ2) is 7.94. The van der Waals surface area contributed by atoms with Gasteiger partial charge in [0.25, 0.3) is 0 Å². The lowest BCUT2D eigenvalue weighted by Crippen LogP contribution is -2.03. The summed E-state index contributed by atoms with van der Waals surface area (Å²) in [5, 5.41) is 0. The second-order valence-corrected chi connectivity index (χ2v) is 5.51. The van der Waals surface area contributed by atoms with E-state index >= 15 is 0 Å². The molecule has 1 atom stereocenters. The molecular weight excluding hydrogens is 283 g/mol. The van der Waals surface area contributed by atoms with Crippen LogP contribution in [0.2, 0.25) is 0 Å². The average Bonchev–Trinajstić information content (AvgIpc) is 2.38. The normalized spacial score (nSPS) is 13.2. The Morgan fingerprint density at radius 2 is 1.80 bits per heavy atom. The Labute approximate surface area is 118 Å². The largest absolute Gasteiger partial charge is 0.527 e. The van der Waals surface area contributed by atoms with Gasteiger partial charge in [-0.15, -0.1) is 0 Å². The summed E-state index contributed by atoms with van der Waals surface area (Å²) < 4.78 is 31.4. The minimum Gasteiger partial charge on any atom is -0.499 e. The number of hydrogen-bond acceptors (Lipinski definition) is 5. The minimum atomic E-state index is -4.14. The lowest BCUT2D eigenvalue weighted by atomic mass is 10.3. The molecule has 0 aliphatic carbocycles. The van der Waals surface area contributed by atoms with Gasteiger partial charge in [0, 0.05) is 0 Å². The first-order valence-electron chi connectivity index (χ1n) is 5.99. The van der Waals surface area contributed by atoms with E-state index in [1.165, 1.54) is 19.2 Å². The SMILES string of the molecule is COc1ccc(OP(=O)(O)OCCOC=C(C)C)cc1. The van der Waals surface area contributed by atoms with Crippen molar-refractivity contribution in [2.45, 2.75) is 13.8 Å². The topological polar surface area (TPSA) is 74.2 Å². The van der Waals surface area contributed by atoms with E-state index in [0.717, 1.165) is 5.57 Å². The quantitative estimate of drug-likeness (QED) is 0.452. The van der Waals surface area contributed by atoms with Gasteiger partial charge in [0.15, 0.2) is 0 Å². The Morgan fingerprint density at radius 1 is 1.20 bits per heavy atom.